The first-order valence-corrected chi connectivity index (χ1v) is 10.7. The molecule has 1 aromatic heterocycles. The third kappa shape index (κ3) is 5.84. The third-order valence-electron chi connectivity index (χ3n) is 5.05. The summed E-state index contributed by atoms with van der Waals surface area (Å²) in [5.41, 5.74) is 2.38. The number of aryl methyl sites for hydroxylation is 2. The van der Waals surface area contributed by atoms with E-state index in [0.717, 1.165) is 37.1 Å². The first kappa shape index (κ1) is 21.9. The van der Waals surface area contributed by atoms with Gasteiger partial charge in [-0.1, -0.05) is 0 Å². The van der Waals surface area contributed by atoms with Gasteiger partial charge in [0.05, 0.1) is 13.2 Å². The minimum atomic E-state index is -0.0963. The van der Waals surface area contributed by atoms with Crippen LogP contribution in [0.5, 0.6) is 17.5 Å². The standard InChI is InChI=1S/C23H31N3O4/c1-5-28-20-12-7-17(14-21(20)29-6-2)22(27)26-18-8-10-19(11-9-18)30-23-24-15(3)13-16(4)25-23/h7,12-14,18-19H,5-6,8-11H2,1-4H3,(H,26,27). The number of benzene rings is 1. The number of aromatic nitrogens is 2. The van der Waals surface area contributed by atoms with Gasteiger partial charge in [0.25, 0.3) is 5.91 Å². The maximum atomic E-state index is 12.7. The SMILES string of the molecule is CCOc1ccc(C(=O)NC2CCC(Oc3nc(C)cc(C)n3)CC2)cc1OCC. The highest BCUT2D eigenvalue weighted by molar-refractivity contribution is 5.95. The topological polar surface area (TPSA) is 82.6 Å². The van der Waals surface area contributed by atoms with Gasteiger partial charge < -0.3 is 19.5 Å². The highest BCUT2D eigenvalue weighted by atomic mass is 16.5. The molecular formula is C23H31N3O4. The smallest absolute Gasteiger partial charge is 0.317 e. The molecule has 162 valence electrons. The number of hydrogen-bond acceptors (Lipinski definition) is 6. The number of ether oxygens (including phenoxy) is 3. The summed E-state index contributed by atoms with van der Waals surface area (Å²) in [5, 5.41) is 3.14. The molecule has 1 amide bonds. The maximum Gasteiger partial charge on any atom is 0.317 e. The predicted molar refractivity (Wildman–Crippen MR) is 114 cm³/mol. The molecule has 1 heterocycles. The molecular weight excluding hydrogens is 382 g/mol. The summed E-state index contributed by atoms with van der Waals surface area (Å²) < 4.78 is 17.2. The van der Waals surface area contributed by atoms with Gasteiger partial charge in [-0.2, -0.15) is 0 Å². The summed E-state index contributed by atoms with van der Waals surface area (Å²) in [6.07, 6.45) is 3.51. The van der Waals surface area contributed by atoms with Crippen LogP contribution >= 0.6 is 0 Å². The van der Waals surface area contributed by atoms with Gasteiger partial charge in [-0.15, -0.1) is 0 Å². The molecule has 0 spiro atoms. The van der Waals surface area contributed by atoms with E-state index in [0.29, 0.717) is 36.3 Å². The summed E-state index contributed by atoms with van der Waals surface area (Å²) in [7, 11) is 0. The minimum absolute atomic E-state index is 0.0781. The van der Waals surface area contributed by atoms with Crippen LogP contribution in [0.3, 0.4) is 0 Å². The van der Waals surface area contributed by atoms with E-state index in [1.54, 1.807) is 18.2 Å². The fraction of sp³-hybridized carbons (Fsp3) is 0.522. The number of rotatable bonds is 8. The van der Waals surface area contributed by atoms with Crippen LogP contribution in [0.4, 0.5) is 0 Å². The molecule has 7 heteroatoms. The molecule has 2 aromatic rings. The van der Waals surface area contributed by atoms with Crippen LogP contribution in [0.2, 0.25) is 0 Å². The van der Waals surface area contributed by atoms with Crippen molar-refractivity contribution in [3.8, 4) is 17.5 Å². The molecule has 0 atom stereocenters. The van der Waals surface area contributed by atoms with E-state index in [1.807, 2.05) is 33.8 Å². The van der Waals surface area contributed by atoms with Gasteiger partial charge in [-0.05, 0) is 77.6 Å². The molecule has 0 unspecified atom stereocenters. The second kappa shape index (κ2) is 10.3. The van der Waals surface area contributed by atoms with Crippen LogP contribution in [0, 0.1) is 13.8 Å². The summed E-state index contributed by atoms with van der Waals surface area (Å²) in [5.74, 6) is 1.15. The van der Waals surface area contributed by atoms with Gasteiger partial charge in [0.1, 0.15) is 6.10 Å². The fourth-order valence-corrected chi connectivity index (χ4v) is 3.68. The van der Waals surface area contributed by atoms with Gasteiger partial charge in [0.15, 0.2) is 11.5 Å². The van der Waals surface area contributed by atoms with E-state index >= 15 is 0 Å². The Labute approximate surface area is 178 Å². The Hall–Kier alpha value is -2.83. The molecule has 0 bridgehead atoms. The van der Waals surface area contributed by atoms with Crippen LogP contribution in [-0.4, -0.2) is 41.2 Å². The van der Waals surface area contributed by atoms with Crippen molar-refractivity contribution in [2.45, 2.75) is 65.5 Å². The van der Waals surface area contributed by atoms with Gasteiger partial charge in [-0.25, -0.2) is 9.97 Å². The van der Waals surface area contributed by atoms with E-state index in [2.05, 4.69) is 15.3 Å². The number of carbonyl (C=O) groups is 1. The molecule has 0 radical (unpaired) electrons. The van der Waals surface area contributed by atoms with Crippen LogP contribution in [0.15, 0.2) is 24.3 Å². The summed E-state index contributed by atoms with van der Waals surface area (Å²) >= 11 is 0. The third-order valence-corrected chi connectivity index (χ3v) is 5.05. The largest absolute Gasteiger partial charge is 0.490 e. The van der Waals surface area contributed by atoms with Gasteiger partial charge in [0, 0.05) is 23.0 Å². The Morgan fingerprint density at radius 3 is 2.23 bits per heavy atom. The van der Waals surface area contributed by atoms with E-state index < -0.39 is 0 Å². The molecule has 3 rings (SSSR count). The molecule has 1 aromatic carbocycles. The highest BCUT2D eigenvalue weighted by Gasteiger charge is 2.25. The second-order valence-electron chi connectivity index (χ2n) is 7.53. The van der Waals surface area contributed by atoms with Crippen LogP contribution in [0.1, 0.15) is 61.3 Å². The van der Waals surface area contributed by atoms with Crippen molar-refractivity contribution in [1.29, 1.82) is 0 Å². The number of nitrogens with zero attached hydrogens (tertiary/aromatic N) is 2. The second-order valence-corrected chi connectivity index (χ2v) is 7.53. The fourth-order valence-electron chi connectivity index (χ4n) is 3.68. The lowest BCUT2D eigenvalue weighted by Crippen LogP contribution is -2.39. The Morgan fingerprint density at radius 2 is 1.60 bits per heavy atom. The van der Waals surface area contributed by atoms with Crippen molar-refractivity contribution < 1.29 is 19.0 Å². The molecule has 7 nitrogen and oxygen atoms in total. The molecule has 1 aliphatic rings. The molecule has 1 saturated carbocycles. The normalized spacial score (nSPS) is 18.5. The van der Waals surface area contributed by atoms with Crippen molar-refractivity contribution in [1.82, 2.24) is 15.3 Å². The van der Waals surface area contributed by atoms with E-state index in [-0.39, 0.29) is 18.1 Å². The van der Waals surface area contributed by atoms with Crippen LogP contribution in [0.25, 0.3) is 0 Å². The average molecular weight is 414 g/mol. The Morgan fingerprint density at radius 1 is 0.967 bits per heavy atom. The summed E-state index contributed by atoms with van der Waals surface area (Å²) in [4.78, 5) is 21.4. The first-order chi connectivity index (χ1) is 14.5. The minimum Gasteiger partial charge on any atom is -0.490 e. The van der Waals surface area contributed by atoms with E-state index in [1.165, 1.54) is 0 Å². The lowest BCUT2D eigenvalue weighted by atomic mass is 9.92. The molecule has 0 aliphatic heterocycles. The number of hydrogen-bond donors (Lipinski definition) is 1. The summed E-state index contributed by atoms with van der Waals surface area (Å²) in [6, 6.07) is 7.80. The maximum absolute atomic E-state index is 12.7. The van der Waals surface area contributed by atoms with Gasteiger partial charge >= 0.3 is 6.01 Å². The zero-order valence-electron chi connectivity index (χ0n) is 18.2. The Kier molecular flexibility index (Phi) is 7.49. The van der Waals surface area contributed by atoms with Crippen molar-refractivity contribution >= 4 is 5.91 Å². The van der Waals surface area contributed by atoms with E-state index in [9.17, 15) is 4.79 Å². The van der Waals surface area contributed by atoms with Gasteiger partial charge in [-0.3, -0.25) is 4.79 Å². The molecule has 1 fully saturated rings. The van der Waals surface area contributed by atoms with Crippen LogP contribution in [-0.2, 0) is 0 Å². The van der Waals surface area contributed by atoms with Crippen molar-refractivity contribution in [2.75, 3.05) is 13.2 Å². The zero-order valence-corrected chi connectivity index (χ0v) is 18.2. The van der Waals surface area contributed by atoms with Crippen molar-refractivity contribution in [3.05, 3.63) is 41.2 Å². The van der Waals surface area contributed by atoms with Crippen molar-refractivity contribution in [3.63, 3.8) is 0 Å². The lowest BCUT2D eigenvalue weighted by Gasteiger charge is -2.29. The molecule has 0 saturated heterocycles. The number of amides is 1. The highest BCUT2D eigenvalue weighted by Crippen LogP contribution is 2.29. The average Bonchev–Trinajstić information content (AvgIpc) is 2.70. The number of carbonyl (C=O) groups excluding carboxylic acids is 1. The summed E-state index contributed by atoms with van der Waals surface area (Å²) in [6.45, 7) is 8.76. The monoisotopic (exact) mass is 413 g/mol. The molecule has 1 aliphatic carbocycles. The number of nitrogens with one attached hydrogen (secondary N) is 1. The lowest BCUT2D eigenvalue weighted by molar-refractivity contribution is 0.0884. The van der Waals surface area contributed by atoms with Gasteiger partial charge in [0.2, 0.25) is 0 Å². The first-order valence-electron chi connectivity index (χ1n) is 10.7. The van der Waals surface area contributed by atoms with E-state index in [4.69, 9.17) is 14.2 Å². The van der Waals surface area contributed by atoms with Crippen molar-refractivity contribution in [2.24, 2.45) is 0 Å². The Bertz CT molecular complexity index is 843. The Balaban J connectivity index is 1.54. The molecule has 1 N–H and O–H groups in total. The van der Waals surface area contributed by atoms with Crippen LogP contribution < -0.4 is 19.5 Å². The quantitative estimate of drug-likeness (QED) is 0.704. The zero-order chi connectivity index (χ0) is 21.5. The predicted octanol–water partition coefficient (Wildman–Crippen LogP) is 4.01. The molecule has 30 heavy (non-hydrogen) atoms.